The fourth-order valence-corrected chi connectivity index (χ4v) is 2.26. The van der Waals surface area contributed by atoms with Crippen molar-refractivity contribution in [1.82, 2.24) is 4.98 Å². The molecule has 2 N–H and O–H groups in total. The minimum absolute atomic E-state index is 0. The molecule has 0 radical (unpaired) electrons. The van der Waals surface area contributed by atoms with Crippen LogP contribution in [0.15, 0.2) is 42.7 Å². The number of ether oxygens (including phenoxy) is 2. The molecular weight excluding hydrogens is 335 g/mol. The Morgan fingerprint density at radius 2 is 1.74 bits per heavy atom. The molecule has 0 amide bonds. The van der Waals surface area contributed by atoms with E-state index in [2.05, 4.69) is 4.98 Å². The molecule has 1 aromatic heterocycles. The van der Waals surface area contributed by atoms with Gasteiger partial charge in [-0.15, -0.1) is 24.8 Å². The van der Waals surface area contributed by atoms with Gasteiger partial charge in [-0.2, -0.15) is 0 Å². The summed E-state index contributed by atoms with van der Waals surface area (Å²) in [5.74, 6) is 1.64. The highest BCUT2D eigenvalue weighted by atomic mass is 35.5. The second kappa shape index (κ2) is 8.39. The lowest BCUT2D eigenvalue weighted by Crippen LogP contribution is -2.22. The van der Waals surface area contributed by atoms with Crippen molar-refractivity contribution in [3.05, 3.63) is 42.7 Å². The van der Waals surface area contributed by atoms with Gasteiger partial charge in [0.1, 0.15) is 11.5 Å². The van der Waals surface area contributed by atoms with Crippen molar-refractivity contribution < 1.29 is 9.47 Å². The molecule has 1 aliphatic carbocycles. The van der Waals surface area contributed by atoms with Crippen molar-refractivity contribution in [2.24, 2.45) is 11.1 Å². The zero-order chi connectivity index (χ0) is 14.7. The molecule has 2 aromatic rings. The second-order valence-corrected chi connectivity index (χ2v) is 5.63. The molecule has 0 unspecified atom stereocenters. The van der Waals surface area contributed by atoms with Crippen LogP contribution in [0.4, 0.5) is 0 Å². The van der Waals surface area contributed by atoms with Crippen molar-refractivity contribution in [1.29, 1.82) is 0 Å². The monoisotopic (exact) mass is 356 g/mol. The Labute approximate surface area is 149 Å². The summed E-state index contributed by atoms with van der Waals surface area (Å²) in [5.41, 5.74) is 8.10. The van der Waals surface area contributed by atoms with Gasteiger partial charge in [0.05, 0.1) is 19.9 Å². The van der Waals surface area contributed by atoms with E-state index >= 15 is 0 Å². The van der Waals surface area contributed by atoms with Crippen LogP contribution in [0.25, 0.3) is 11.1 Å². The summed E-state index contributed by atoms with van der Waals surface area (Å²) in [7, 11) is 1.66. The van der Waals surface area contributed by atoms with E-state index in [9.17, 15) is 0 Å². The van der Waals surface area contributed by atoms with E-state index in [0.717, 1.165) is 35.5 Å². The highest BCUT2D eigenvalue weighted by molar-refractivity contribution is 5.85. The number of nitrogens with zero attached hydrogens (tertiary/aromatic N) is 1. The van der Waals surface area contributed by atoms with Crippen LogP contribution in [0.1, 0.15) is 12.8 Å². The molecule has 1 saturated carbocycles. The summed E-state index contributed by atoms with van der Waals surface area (Å²) >= 11 is 0. The molecule has 0 bridgehead atoms. The number of nitrogens with two attached hydrogens (primary N) is 1. The molecule has 6 heteroatoms. The van der Waals surface area contributed by atoms with E-state index in [1.54, 1.807) is 13.3 Å². The van der Waals surface area contributed by atoms with Gasteiger partial charge in [0.15, 0.2) is 0 Å². The Balaban J connectivity index is 0.00000132. The number of hydrogen-bond donors (Lipinski definition) is 1. The van der Waals surface area contributed by atoms with Crippen LogP contribution in [0, 0.1) is 5.41 Å². The predicted octanol–water partition coefficient (Wildman–Crippen LogP) is 3.72. The quantitative estimate of drug-likeness (QED) is 0.856. The smallest absolute Gasteiger partial charge is 0.138 e. The molecule has 1 aliphatic rings. The maximum Gasteiger partial charge on any atom is 0.138 e. The van der Waals surface area contributed by atoms with Gasteiger partial charge in [-0.25, -0.2) is 0 Å². The highest BCUT2D eigenvalue weighted by Crippen LogP contribution is 2.44. The SMILES string of the molecule is COc1ccc(-c2cncc(OCC3(CN)CC3)c2)cc1.Cl.Cl. The van der Waals surface area contributed by atoms with Gasteiger partial charge in [-0.3, -0.25) is 4.98 Å². The molecule has 0 saturated heterocycles. The first-order chi connectivity index (χ1) is 10.2. The van der Waals surface area contributed by atoms with Crippen LogP contribution >= 0.6 is 24.8 Å². The van der Waals surface area contributed by atoms with Crippen LogP contribution in [0.3, 0.4) is 0 Å². The first kappa shape index (κ1) is 19.6. The van der Waals surface area contributed by atoms with Crippen LogP contribution in [0.5, 0.6) is 11.5 Å². The first-order valence-electron chi connectivity index (χ1n) is 7.17. The number of methoxy groups -OCH3 is 1. The lowest BCUT2D eigenvalue weighted by atomic mass is 10.1. The summed E-state index contributed by atoms with van der Waals surface area (Å²) < 4.78 is 11.0. The molecular formula is C17H22Cl2N2O2. The lowest BCUT2D eigenvalue weighted by Gasteiger charge is -2.14. The molecule has 0 atom stereocenters. The number of rotatable bonds is 6. The normalized spacial score (nSPS) is 14.2. The second-order valence-electron chi connectivity index (χ2n) is 5.63. The molecule has 1 aromatic carbocycles. The topological polar surface area (TPSA) is 57.4 Å². The Hall–Kier alpha value is -1.49. The van der Waals surface area contributed by atoms with Gasteiger partial charge in [-0.1, -0.05) is 12.1 Å². The van der Waals surface area contributed by atoms with Gasteiger partial charge in [0.2, 0.25) is 0 Å². The number of halogens is 2. The predicted molar refractivity (Wildman–Crippen MR) is 96.9 cm³/mol. The maximum atomic E-state index is 5.86. The van der Waals surface area contributed by atoms with Crippen LogP contribution in [-0.2, 0) is 0 Å². The van der Waals surface area contributed by atoms with Crippen molar-refractivity contribution in [3.8, 4) is 22.6 Å². The molecule has 4 nitrogen and oxygen atoms in total. The van der Waals surface area contributed by atoms with E-state index in [-0.39, 0.29) is 30.2 Å². The van der Waals surface area contributed by atoms with E-state index in [1.807, 2.05) is 36.5 Å². The van der Waals surface area contributed by atoms with Gasteiger partial charge in [-0.05, 0) is 36.6 Å². The third-order valence-electron chi connectivity index (χ3n) is 4.07. The highest BCUT2D eigenvalue weighted by Gasteiger charge is 2.42. The Morgan fingerprint density at radius 3 is 2.30 bits per heavy atom. The fraction of sp³-hybridized carbons (Fsp3) is 0.353. The van der Waals surface area contributed by atoms with Gasteiger partial charge >= 0.3 is 0 Å². The lowest BCUT2D eigenvalue weighted by molar-refractivity contribution is 0.238. The van der Waals surface area contributed by atoms with E-state index in [0.29, 0.717) is 13.2 Å². The average Bonchev–Trinajstić information content (AvgIpc) is 3.34. The molecule has 23 heavy (non-hydrogen) atoms. The molecule has 126 valence electrons. The average molecular weight is 357 g/mol. The third kappa shape index (κ3) is 4.74. The van der Waals surface area contributed by atoms with Crippen molar-refractivity contribution >= 4 is 24.8 Å². The zero-order valence-corrected chi connectivity index (χ0v) is 14.7. The van der Waals surface area contributed by atoms with E-state index in [4.69, 9.17) is 15.2 Å². The number of benzene rings is 1. The summed E-state index contributed by atoms with van der Waals surface area (Å²) in [6.45, 7) is 1.37. The molecule has 3 rings (SSSR count). The minimum Gasteiger partial charge on any atom is -0.497 e. The van der Waals surface area contributed by atoms with Crippen molar-refractivity contribution in [2.75, 3.05) is 20.3 Å². The largest absolute Gasteiger partial charge is 0.497 e. The van der Waals surface area contributed by atoms with Crippen molar-refractivity contribution in [2.45, 2.75) is 12.8 Å². The summed E-state index contributed by atoms with van der Waals surface area (Å²) in [6, 6.07) is 9.93. The van der Waals surface area contributed by atoms with Crippen molar-refractivity contribution in [3.63, 3.8) is 0 Å². The van der Waals surface area contributed by atoms with Crippen LogP contribution in [0.2, 0.25) is 0 Å². The van der Waals surface area contributed by atoms with Gasteiger partial charge in [0, 0.05) is 23.7 Å². The number of hydrogen-bond acceptors (Lipinski definition) is 4. The Morgan fingerprint density at radius 1 is 1.04 bits per heavy atom. The standard InChI is InChI=1S/C17H20N2O2.2ClH/c1-20-15-4-2-13(3-5-15)14-8-16(10-19-9-14)21-12-17(11-18)6-7-17;;/h2-5,8-10H,6-7,11-12,18H2,1H3;2*1H. The fourth-order valence-electron chi connectivity index (χ4n) is 2.26. The van der Waals surface area contributed by atoms with Crippen LogP contribution < -0.4 is 15.2 Å². The van der Waals surface area contributed by atoms with E-state index in [1.165, 1.54) is 0 Å². The summed E-state index contributed by atoms with van der Waals surface area (Å²) in [5, 5.41) is 0. The maximum absolute atomic E-state index is 5.86. The third-order valence-corrected chi connectivity index (χ3v) is 4.07. The molecule has 0 aliphatic heterocycles. The van der Waals surface area contributed by atoms with Gasteiger partial charge < -0.3 is 15.2 Å². The molecule has 1 fully saturated rings. The Bertz CT molecular complexity index is 616. The summed E-state index contributed by atoms with van der Waals surface area (Å²) in [4.78, 5) is 4.26. The molecule has 1 heterocycles. The van der Waals surface area contributed by atoms with Gasteiger partial charge in [0.25, 0.3) is 0 Å². The minimum atomic E-state index is 0. The van der Waals surface area contributed by atoms with E-state index < -0.39 is 0 Å². The zero-order valence-electron chi connectivity index (χ0n) is 13.0. The number of aromatic nitrogens is 1. The first-order valence-corrected chi connectivity index (χ1v) is 7.17. The Kier molecular flexibility index (Phi) is 7.13. The summed E-state index contributed by atoms with van der Waals surface area (Å²) in [6.07, 6.45) is 5.91. The molecule has 0 spiro atoms. The van der Waals surface area contributed by atoms with Crippen LogP contribution in [-0.4, -0.2) is 25.2 Å². The number of pyridine rings is 1.